The number of hydrogen-bond acceptors (Lipinski definition) is 3. The standard InChI is InChI=1S/C12H24BrNO2/c1-15-8-2-9-16-10-7-14-6-4-12(11-14)3-5-13/h12H,2-11H2,1H3. The third-order valence-corrected chi connectivity index (χ3v) is 3.53. The van der Waals surface area contributed by atoms with Crippen LogP contribution in [0.1, 0.15) is 19.3 Å². The summed E-state index contributed by atoms with van der Waals surface area (Å²) in [5.74, 6) is 0.896. The van der Waals surface area contributed by atoms with E-state index in [0.717, 1.165) is 44.0 Å². The highest BCUT2D eigenvalue weighted by Crippen LogP contribution is 2.19. The lowest BCUT2D eigenvalue weighted by molar-refractivity contribution is 0.0878. The van der Waals surface area contributed by atoms with E-state index in [4.69, 9.17) is 9.47 Å². The van der Waals surface area contributed by atoms with Gasteiger partial charge in [0.05, 0.1) is 6.61 Å². The zero-order valence-corrected chi connectivity index (χ0v) is 11.9. The molecule has 0 bridgehead atoms. The Bertz CT molecular complexity index is 169. The molecule has 1 fully saturated rings. The van der Waals surface area contributed by atoms with E-state index >= 15 is 0 Å². The van der Waals surface area contributed by atoms with Gasteiger partial charge in [0.1, 0.15) is 0 Å². The minimum Gasteiger partial charge on any atom is -0.385 e. The number of ether oxygens (including phenoxy) is 2. The van der Waals surface area contributed by atoms with Crippen LogP contribution in [0.25, 0.3) is 0 Å². The van der Waals surface area contributed by atoms with Gasteiger partial charge in [-0.25, -0.2) is 0 Å². The van der Waals surface area contributed by atoms with Crippen LogP contribution >= 0.6 is 15.9 Å². The molecule has 0 aliphatic carbocycles. The van der Waals surface area contributed by atoms with Crippen LogP contribution in [-0.4, -0.2) is 56.8 Å². The van der Waals surface area contributed by atoms with E-state index in [1.54, 1.807) is 7.11 Å². The topological polar surface area (TPSA) is 21.7 Å². The molecule has 0 saturated carbocycles. The van der Waals surface area contributed by atoms with Crippen LogP contribution in [0.5, 0.6) is 0 Å². The van der Waals surface area contributed by atoms with Crippen LogP contribution in [0.2, 0.25) is 0 Å². The Kier molecular flexibility index (Phi) is 8.47. The monoisotopic (exact) mass is 293 g/mol. The number of rotatable bonds is 9. The summed E-state index contributed by atoms with van der Waals surface area (Å²) in [6.07, 6.45) is 3.67. The molecule has 0 aromatic carbocycles. The largest absolute Gasteiger partial charge is 0.385 e. The Hall–Kier alpha value is 0.360. The van der Waals surface area contributed by atoms with Crippen molar-refractivity contribution < 1.29 is 9.47 Å². The van der Waals surface area contributed by atoms with Gasteiger partial charge in [0, 0.05) is 38.7 Å². The average molecular weight is 294 g/mol. The van der Waals surface area contributed by atoms with Crippen molar-refractivity contribution in [1.82, 2.24) is 4.90 Å². The fourth-order valence-corrected chi connectivity index (χ4v) is 2.75. The summed E-state index contributed by atoms with van der Waals surface area (Å²) >= 11 is 3.51. The Balaban J connectivity index is 1.90. The second-order valence-corrected chi connectivity index (χ2v) is 5.18. The first-order valence-corrected chi connectivity index (χ1v) is 7.34. The van der Waals surface area contributed by atoms with Crippen LogP contribution in [-0.2, 0) is 9.47 Å². The van der Waals surface area contributed by atoms with Gasteiger partial charge < -0.3 is 14.4 Å². The number of alkyl halides is 1. The van der Waals surface area contributed by atoms with Crippen LogP contribution < -0.4 is 0 Å². The van der Waals surface area contributed by atoms with Gasteiger partial charge in [-0.1, -0.05) is 15.9 Å². The predicted octanol–water partition coefficient (Wildman–Crippen LogP) is 2.15. The molecule has 1 heterocycles. The first kappa shape index (κ1) is 14.4. The number of methoxy groups -OCH3 is 1. The van der Waals surface area contributed by atoms with Gasteiger partial charge in [0.15, 0.2) is 0 Å². The van der Waals surface area contributed by atoms with Gasteiger partial charge in [-0.3, -0.25) is 0 Å². The minimum atomic E-state index is 0.803. The van der Waals surface area contributed by atoms with Crippen LogP contribution in [0.15, 0.2) is 0 Å². The maximum Gasteiger partial charge on any atom is 0.0593 e. The quantitative estimate of drug-likeness (QED) is 0.480. The summed E-state index contributed by atoms with van der Waals surface area (Å²) in [7, 11) is 1.73. The molecule has 0 aromatic heterocycles. The maximum atomic E-state index is 5.56. The first-order valence-electron chi connectivity index (χ1n) is 6.21. The highest BCUT2D eigenvalue weighted by Gasteiger charge is 2.20. The van der Waals surface area contributed by atoms with Crippen molar-refractivity contribution >= 4 is 15.9 Å². The highest BCUT2D eigenvalue weighted by molar-refractivity contribution is 9.09. The molecule has 1 unspecified atom stereocenters. The first-order chi connectivity index (χ1) is 7.86. The van der Waals surface area contributed by atoms with Gasteiger partial charge >= 0.3 is 0 Å². The second kappa shape index (κ2) is 9.40. The molecule has 0 radical (unpaired) electrons. The van der Waals surface area contributed by atoms with Crippen LogP contribution in [0.4, 0.5) is 0 Å². The summed E-state index contributed by atoms with van der Waals surface area (Å²) in [4.78, 5) is 2.52. The van der Waals surface area contributed by atoms with Crippen molar-refractivity contribution in [1.29, 1.82) is 0 Å². The lowest BCUT2D eigenvalue weighted by atomic mass is 10.1. The maximum absolute atomic E-state index is 5.56. The average Bonchev–Trinajstić information content (AvgIpc) is 2.72. The fraction of sp³-hybridized carbons (Fsp3) is 1.00. The smallest absolute Gasteiger partial charge is 0.0593 e. The summed E-state index contributed by atoms with van der Waals surface area (Å²) in [5, 5.41) is 1.14. The van der Waals surface area contributed by atoms with Crippen molar-refractivity contribution in [2.45, 2.75) is 19.3 Å². The highest BCUT2D eigenvalue weighted by atomic mass is 79.9. The molecular weight excluding hydrogens is 270 g/mol. The summed E-state index contributed by atoms with van der Waals surface area (Å²) in [6.45, 7) is 6.09. The zero-order valence-electron chi connectivity index (χ0n) is 10.3. The molecule has 0 spiro atoms. The van der Waals surface area contributed by atoms with E-state index < -0.39 is 0 Å². The van der Waals surface area contributed by atoms with E-state index in [9.17, 15) is 0 Å². The molecule has 0 N–H and O–H groups in total. The van der Waals surface area contributed by atoms with Crippen molar-refractivity contribution in [3.05, 3.63) is 0 Å². The minimum absolute atomic E-state index is 0.803. The molecule has 1 saturated heterocycles. The molecule has 96 valence electrons. The van der Waals surface area contributed by atoms with E-state index in [-0.39, 0.29) is 0 Å². The molecule has 16 heavy (non-hydrogen) atoms. The SMILES string of the molecule is COCCCOCCN1CCC(CCBr)C1. The Morgan fingerprint density at radius 3 is 2.94 bits per heavy atom. The lowest BCUT2D eigenvalue weighted by Gasteiger charge is -2.15. The predicted molar refractivity (Wildman–Crippen MR) is 70.3 cm³/mol. The van der Waals surface area contributed by atoms with E-state index in [1.165, 1.54) is 25.9 Å². The third kappa shape index (κ3) is 6.18. The molecular formula is C12H24BrNO2. The molecule has 1 aliphatic rings. The molecule has 1 rings (SSSR count). The number of hydrogen-bond donors (Lipinski definition) is 0. The van der Waals surface area contributed by atoms with Crippen LogP contribution in [0.3, 0.4) is 0 Å². The lowest BCUT2D eigenvalue weighted by Crippen LogP contribution is -2.25. The summed E-state index contributed by atoms with van der Waals surface area (Å²) < 4.78 is 10.5. The van der Waals surface area contributed by atoms with E-state index in [0.29, 0.717) is 0 Å². The van der Waals surface area contributed by atoms with Gasteiger partial charge in [-0.2, -0.15) is 0 Å². The third-order valence-electron chi connectivity index (χ3n) is 3.08. The van der Waals surface area contributed by atoms with Crippen molar-refractivity contribution in [2.24, 2.45) is 5.92 Å². The van der Waals surface area contributed by atoms with Gasteiger partial charge in [0.25, 0.3) is 0 Å². The normalized spacial score (nSPS) is 21.8. The fourth-order valence-electron chi connectivity index (χ4n) is 2.11. The number of likely N-dealkylation sites (tertiary alicyclic amines) is 1. The molecule has 4 heteroatoms. The van der Waals surface area contributed by atoms with Crippen molar-refractivity contribution in [3.8, 4) is 0 Å². The molecule has 0 aromatic rings. The molecule has 3 nitrogen and oxygen atoms in total. The van der Waals surface area contributed by atoms with Crippen LogP contribution in [0, 0.1) is 5.92 Å². The summed E-state index contributed by atoms with van der Waals surface area (Å²) in [5.41, 5.74) is 0. The van der Waals surface area contributed by atoms with Crippen molar-refractivity contribution in [3.63, 3.8) is 0 Å². The Labute approximate surface area is 108 Å². The zero-order chi connectivity index (χ0) is 11.6. The van der Waals surface area contributed by atoms with Gasteiger partial charge in [-0.05, 0) is 31.7 Å². The van der Waals surface area contributed by atoms with E-state index in [2.05, 4.69) is 20.8 Å². The van der Waals surface area contributed by atoms with Gasteiger partial charge in [0.2, 0.25) is 0 Å². The van der Waals surface area contributed by atoms with Gasteiger partial charge in [-0.15, -0.1) is 0 Å². The molecule has 1 aliphatic heterocycles. The number of nitrogens with zero attached hydrogens (tertiary/aromatic N) is 1. The summed E-state index contributed by atoms with van der Waals surface area (Å²) in [6, 6.07) is 0. The Morgan fingerprint density at radius 1 is 1.31 bits per heavy atom. The number of halogens is 1. The van der Waals surface area contributed by atoms with Crippen molar-refractivity contribution in [2.75, 3.05) is 51.9 Å². The molecule has 0 amide bonds. The Morgan fingerprint density at radius 2 is 2.19 bits per heavy atom. The van der Waals surface area contributed by atoms with E-state index in [1.807, 2.05) is 0 Å². The second-order valence-electron chi connectivity index (χ2n) is 4.39. The molecule has 1 atom stereocenters.